The second-order valence-corrected chi connectivity index (χ2v) is 3.43. The SMILES string of the molecule is CC(C)(c1n[nH]c(CN)n1)C(F)(F)F.Cl. The minimum Gasteiger partial charge on any atom is -0.324 e. The van der Waals surface area contributed by atoms with Gasteiger partial charge < -0.3 is 5.73 Å². The summed E-state index contributed by atoms with van der Waals surface area (Å²) in [5, 5.41) is 5.84. The molecule has 0 aromatic carbocycles. The number of aromatic amines is 1. The molecule has 0 saturated heterocycles. The molecule has 0 atom stereocenters. The van der Waals surface area contributed by atoms with Gasteiger partial charge >= 0.3 is 6.18 Å². The minimum atomic E-state index is -4.37. The third-order valence-corrected chi connectivity index (χ3v) is 1.99. The maximum Gasteiger partial charge on any atom is 0.401 e. The molecular formula is C7H12ClF3N4. The molecule has 88 valence electrons. The molecule has 0 unspecified atom stereocenters. The Labute approximate surface area is 90.9 Å². The van der Waals surface area contributed by atoms with Crippen LogP contribution >= 0.6 is 12.4 Å². The normalized spacial score (nSPS) is 12.4. The van der Waals surface area contributed by atoms with Crippen molar-refractivity contribution in [2.45, 2.75) is 32.0 Å². The summed E-state index contributed by atoms with van der Waals surface area (Å²) in [6.45, 7) is 2.09. The smallest absolute Gasteiger partial charge is 0.324 e. The van der Waals surface area contributed by atoms with E-state index < -0.39 is 11.6 Å². The van der Waals surface area contributed by atoms with Gasteiger partial charge in [0.25, 0.3) is 0 Å². The van der Waals surface area contributed by atoms with Crippen molar-refractivity contribution in [3.8, 4) is 0 Å². The minimum absolute atomic E-state index is 0. The maximum absolute atomic E-state index is 12.5. The predicted octanol–water partition coefficient (Wildman–Crippen LogP) is 1.53. The molecule has 0 aliphatic rings. The van der Waals surface area contributed by atoms with Crippen molar-refractivity contribution >= 4 is 12.4 Å². The van der Waals surface area contributed by atoms with Gasteiger partial charge in [0.2, 0.25) is 0 Å². The summed E-state index contributed by atoms with van der Waals surface area (Å²) in [6, 6.07) is 0. The lowest BCUT2D eigenvalue weighted by Gasteiger charge is -2.23. The van der Waals surface area contributed by atoms with Crippen molar-refractivity contribution in [3.05, 3.63) is 11.6 Å². The van der Waals surface area contributed by atoms with Gasteiger partial charge in [-0.05, 0) is 13.8 Å². The number of aromatic nitrogens is 3. The van der Waals surface area contributed by atoms with E-state index >= 15 is 0 Å². The van der Waals surface area contributed by atoms with Gasteiger partial charge in [-0.25, -0.2) is 4.98 Å². The first kappa shape index (κ1) is 14.2. The van der Waals surface area contributed by atoms with Gasteiger partial charge in [-0.2, -0.15) is 18.3 Å². The molecule has 4 nitrogen and oxygen atoms in total. The zero-order chi connectivity index (χ0) is 11.0. The predicted molar refractivity (Wildman–Crippen MR) is 50.6 cm³/mol. The lowest BCUT2D eigenvalue weighted by atomic mass is 9.92. The van der Waals surface area contributed by atoms with Crippen LogP contribution in [-0.4, -0.2) is 21.4 Å². The van der Waals surface area contributed by atoms with Crippen LogP contribution in [0.25, 0.3) is 0 Å². The van der Waals surface area contributed by atoms with Gasteiger partial charge in [0.1, 0.15) is 11.2 Å². The van der Waals surface area contributed by atoms with Crippen molar-refractivity contribution < 1.29 is 13.2 Å². The third kappa shape index (κ3) is 2.60. The van der Waals surface area contributed by atoms with Crippen LogP contribution in [0.1, 0.15) is 25.5 Å². The first-order valence-corrected chi connectivity index (χ1v) is 3.97. The summed E-state index contributed by atoms with van der Waals surface area (Å²) >= 11 is 0. The highest BCUT2D eigenvalue weighted by molar-refractivity contribution is 5.85. The average molecular weight is 245 g/mol. The number of H-pyrrole nitrogens is 1. The largest absolute Gasteiger partial charge is 0.401 e. The molecule has 3 N–H and O–H groups in total. The molecule has 0 spiro atoms. The van der Waals surface area contributed by atoms with Crippen molar-refractivity contribution in [1.82, 2.24) is 15.2 Å². The summed E-state index contributed by atoms with van der Waals surface area (Å²) in [6.07, 6.45) is -4.37. The van der Waals surface area contributed by atoms with Crippen LogP contribution in [0.5, 0.6) is 0 Å². The van der Waals surface area contributed by atoms with Crippen molar-refractivity contribution in [2.75, 3.05) is 0 Å². The summed E-state index contributed by atoms with van der Waals surface area (Å²) in [7, 11) is 0. The van der Waals surface area contributed by atoms with Gasteiger partial charge in [0.05, 0.1) is 6.54 Å². The monoisotopic (exact) mass is 244 g/mol. The van der Waals surface area contributed by atoms with Gasteiger partial charge in [-0.3, -0.25) is 5.10 Å². The second-order valence-electron chi connectivity index (χ2n) is 3.43. The van der Waals surface area contributed by atoms with Gasteiger partial charge in [0, 0.05) is 0 Å². The summed E-state index contributed by atoms with van der Waals surface area (Å²) in [5.41, 5.74) is 3.14. The second kappa shape index (κ2) is 4.36. The van der Waals surface area contributed by atoms with Crippen LogP contribution in [0.15, 0.2) is 0 Å². The standard InChI is InChI=1S/C7H11F3N4.ClH/c1-6(2,7(8,9)10)5-12-4(3-11)13-14-5;/h3,11H2,1-2H3,(H,12,13,14);1H. The van der Waals surface area contributed by atoms with E-state index in [1.165, 1.54) is 0 Å². The summed E-state index contributed by atoms with van der Waals surface area (Å²) < 4.78 is 37.5. The number of hydrogen-bond acceptors (Lipinski definition) is 3. The topological polar surface area (TPSA) is 67.6 Å². The van der Waals surface area contributed by atoms with E-state index in [0.717, 1.165) is 13.8 Å². The average Bonchev–Trinajstić information content (AvgIpc) is 2.49. The Hall–Kier alpha value is -0.820. The molecule has 0 aliphatic carbocycles. The lowest BCUT2D eigenvalue weighted by molar-refractivity contribution is -0.182. The highest BCUT2D eigenvalue weighted by Gasteiger charge is 2.51. The van der Waals surface area contributed by atoms with Gasteiger partial charge in [0.15, 0.2) is 5.82 Å². The Balaban J connectivity index is 0.00000196. The van der Waals surface area contributed by atoms with E-state index in [1.54, 1.807) is 0 Å². The third-order valence-electron chi connectivity index (χ3n) is 1.99. The summed E-state index contributed by atoms with van der Waals surface area (Å²) in [5.74, 6) is -0.0391. The Morgan fingerprint density at radius 3 is 2.20 bits per heavy atom. The molecule has 0 bridgehead atoms. The van der Waals surface area contributed by atoms with E-state index in [4.69, 9.17) is 5.73 Å². The zero-order valence-corrected chi connectivity index (χ0v) is 9.04. The molecule has 8 heteroatoms. The zero-order valence-electron chi connectivity index (χ0n) is 8.22. The Kier molecular flexibility index (Phi) is 4.12. The van der Waals surface area contributed by atoms with E-state index in [0.29, 0.717) is 0 Å². The number of nitrogens with zero attached hydrogens (tertiary/aromatic N) is 2. The molecule has 0 saturated carbocycles. The van der Waals surface area contributed by atoms with Crippen molar-refractivity contribution in [3.63, 3.8) is 0 Å². The summed E-state index contributed by atoms with van der Waals surface area (Å²) in [4.78, 5) is 3.66. The first-order chi connectivity index (χ1) is 6.29. The highest BCUT2D eigenvalue weighted by atomic mass is 35.5. The lowest BCUT2D eigenvalue weighted by Crippen LogP contribution is -2.37. The number of nitrogens with two attached hydrogens (primary N) is 1. The molecule has 0 fully saturated rings. The number of nitrogens with one attached hydrogen (secondary N) is 1. The highest BCUT2D eigenvalue weighted by Crippen LogP contribution is 2.38. The molecule has 0 radical (unpaired) electrons. The molecule has 1 heterocycles. The van der Waals surface area contributed by atoms with Crippen molar-refractivity contribution in [1.29, 1.82) is 0 Å². The van der Waals surface area contributed by atoms with Crippen LogP contribution in [0.2, 0.25) is 0 Å². The number of alkyl halides is 3. The van der Waals surface area contributed by atoms with Crippen LogP contribution < -0.4 is 5.73 Å². The van der Waals surface area contributed by atoms with Gasteiger partial charge in [-0.1, -0.05) is 0 Å². The van der Waals surface area contributed by atoms with E-state index in [9.17, 15) is 13.2 Å². The van der Waals surface area contributed by atoms with E-state index in [2.05, 4.69) is 15.2 Å². The molecule has 0 aliphatic heterocycles. The molecule has 0 amide bonds. The van der Waals surface area contributed by atoms with E-state index in [1.807, 2.05) is 0 Å². The molecular weight excluding hydrogens is 233 g/mol. The molecule has 1 rings (SSSR count). The molecule has 1 aromatic heterocycles. The molecule has 1 aromatic rings. The Morgan fingerprint density at radius 1 is 1.33 bits per heavy atom. The molecule has 15 heavy (non-hydrogen) atoms. The first-order valence-electron chi connectivity index (χ1n) is 3.97. The quantitative estimate of drug-likeness (QED) is 0.829. The maximum atomic E-state index is 12.5. The Morgan fingerprint density at radius 2 is 1.87 bits per heavy atom. The fourth-order valence-corrected chi connectivity index (χ4v) is 0.793. The van der Waals surface area contributed by atoms with Crippen LogP contribution in [0.4, 0.5) is 13.2 Å². The van der Waals surface area contributed by atoms with Crippen molar-refractivity contribution in [2.24, 2.45) is 5.73 Å². The van der Waals surface area contributed by atoms with Crippen LogP contribution in [0, 0.1) is 0 Å². The van der Waals surface area contributed by atoms with E-state index in [-0.39, 0.29) is 30.6 Å². The fraction of sp³-hybridized carbons (Fsp3) is 0.714. The number of hydrogen-bond donors (Lipinski definition) is 2. The number of rotatable bonds is 2. The Bertz CT molecular complexity index is 320. The van der Waals surface area contributed by atoms with Crippen LogP contribution in [-0.2, 0) is 12.0 Å². The number of halogens is 4. The van der Waals surface area contributed by atoms with Gasteiger partial charge in [-0.15, -0.1) is 12.4 Å². The fourth-order valence-electron chi connectivity index (χ4n) is 0.793. The van der Waals surface area contributed by atoms with Crippen LogP contribution in [0.3, 0.4) is 0 Å².